The summed E-state index contributed by atoms with van der Waals surface area (Å²) in [5.41, 5.74) is 0.153. The quantitative estimate of drug-likeness (QED) is 0.753. The number of carboxylic acid groups (broad SMARTS) is 1. The molecular formula is C16H22O4. The van der Waals surface area contributed by atoms with Crippen molar-refractivity contribution in [3.63, 3.8) is 0 Å². The summed E-state index contributed by atoms with van der Waals surface area (Å²) in [4.78, 5) is 11.4. The summed E-state index contributed by atoms with van der Waals surface area (Å²) < 4.78 is 5.77. The molecule has 4 nitrogen and oxygen atoms in total. The Morgan fingerprint density at radius 2 is 1.80 bits per heavy atom. The molecule has 0 unspecified atom stereocenters. The average Bonchev–Trinajstić information content (AvgIpc) is 2.91. The highest BCUT2D eigenvalue weighted by Crippen LogP contribution is 2.34. The standard InChI is InChI=1S/C16H22O4/c17-12-4-1-5-13-6-8-14(9-7-13)20-16(15(18)19)10-2-3-11-16/h6-9,17H,1-5,10-12H2,(H,18,19). The predicted octanol–water partition coefficient (Wildman–Crippen LogP) is 2.78. The minimum absolute atomic E-state index is 0.225. The molecule has 2 rings (SSSR count). The fourth-order valence-corrected chi connectivity index (χ4v) is 2.70. The topological polar surface area (TPSA) is 66.8 Å². The molecule has 2 N–H and O–H groups in total. The van der Waals surface area contributed by atoms with Gasteiger partial charge in [-0.3, -0.25) is 0 Å². The van der Waals surface area contributed by atoms with E-state index < -0.39 is 11.6 Å². The first-order chi connectivity index (χ1) is 9.66. The van der Waals surface area contributed by atoms with Crippen LogP contribution < -0.4 is 4.74 Å². The second-order valence-corrected chi connectivity index (χ2v) is 5.43. The zero-order valence-electron chi connectivity index (χ0n) is 11.7. The van der Waals surface area contributed by atoms with Gasteiger partial charge in [0, 0.05) is 6.61 Å². The smallest absolute Gasteiger partial charge is 0.348 e. The fraction of sp³-hybridized carbons (Fsp3) is 0.562. The Hall–Kier alpha value is -1.55. The monoisotopic (exact) mass is 278 g/mol. The second-order valence-electron chi connectivity index (χ2n) is 5.43. The van der Waals surface area contributed by atoms with Gasteiger partial charge in [-0.25, -0.2) is 4.79 Å². The molecule has 4 heteroatoms. The van der Waals surface area contributed by atoms with Crippen LogP contribution in [0.25, 0.3) is 0 Å². The Balaban J connectivity index is 1.97. The molecule has 20 heavy (non-hydrogen) atoms. The molecule has 0 spiro atoms. The Morgan fingerprint density at radius 3 is 2.35 bits per heavy atom. The molecule has 1 aliphatic rings. The van der Waals surface area contributed by atoms with E-state index in [1.54, 1.807) is 0 Å². The average molecular weight is 278 g/mol. The maximum atomic E-state index is 11.4. The third-order valence-corrected chi connectivity index (χ3v) is 3.91. The molecule has 0 radical (unpaired) electrons. The molecular weight excluding hydrogens is 256 g/mol. The van der Waals surface area contributed by atoms with Gasteiger partial charge in [0.25, 0.3) is 0 Å². The van der Waals surface area contributed by atoms with Crippen molar-refractivity contribution in [1.29, 1.82) is 0 Å². The number of aliphatic carboxylic acids is 1. The van der Waals surface area contributed by atoms with E-state index in [0.29, 0.717) is 18.6 Å². The first-order valence-electron chi connectivity index (χ1n) is 7.28. The van der Waals surface area contributed by atoms with Crippen LogP contribution in [0.2, 0.25) is 0 Å². The van der Waals surface area contributed by atoms with E-state index in [9.17, 15) is 9.90 Å². The van der Waals surface area contributed by atoms with Crippen LogP contribution in [0.3, 0.4) is 0 Å². The summed E-state index contributed by atoms with van der Waals surface area (Å²) in [5, 5.41) is 18.1. The van der Waals surface area contributed by atoms with Gasteiger partial charge < -0.3 is 14.9 Å². The predicted molar refractivity (Wildman–Crippen MR) is 75.9 cm³/mol. The lowest BCUT2D eigenvalue weighted by atomic mass is 10.0. The van der Waals surface area contributed by atoms with E-state index in [4.69, 9.17) is 9.84 Å². The van der Waals surface area contributed by atoms with Gasteiger partial charge in [0.2, 0.25) is 5.60 Å². The van der Waals surface area contributed by atoms with Crippen molar-refractivity contribution in [2.75, 3.05) is 6.61 Å². The number of hydrogen-bond acceptors (Lipinski definition) is 3. The lowest BCUT2D eigenvalue weighted by molar-refractivity contribution is -0.154. The van der Waals surface area contributed by atoms with Crippen LogP contribution in [0, 0.1) is 0 Å². The van der Waals surface area contributed by atoms with Crippen molar-refractivity contribution in [2.24, 2.45) is 0 Å². The maximum absolute atomic E-state index is 11.4. The van der Waals surface area contributed by atoms with Crippen LogP contribution in [0.5, 0.6) is 5.75 Å². The summed E-state index contributed by atoms with van der Waals surface area (Å²) in [6, 6.07) is 7.63. The molecule has 1 saturated carbocycles. The Bertz CT molecular complexity index is 432. The number of unbranched alkanes of at least 4 members (excludes halogenated alkanes) is 1. The molecule has 1 aromatic carbocycles. The molecule has 0 aliphatic heterocycles. The largest absolute Gasteiger partial charge is 0.478 e. The van der Waals surface area contributed by atoms with Gasteiger partial charge in [0.1, 0.15) is 5.75 Å². The van der Waals surface area contributed by atoms with Gasteiger partial charge in [-0.1, -0.05) is 12.1 Å². The highest BCUT2D eigenvalue weighted by atomic mass is 16.5. The lowest BCUT2D eigenvalue weighted by Crippen LogP contribution is -2.41. The normalized spacial score (nSPS) is 17.1. The van der Waals surface area contributed by atoms with E-state index in [1.807, 2.05) is 24.3 Å². The number of benzene rings is 1. The lowest BCUT2D eigenvalue weighted by Gasteiger charge is -2.25. The van der Waals surface area contributed by atoms with Crippen molar-refractivity contribution in [3.05, 3.63) is 29.8 Å². The minimum Gasteiger partial charge on any atom is -0.478 e. The second kappa shape index (κ2) is 6.75. The molecule has 0 heterocycles. The van der Waals surface area contributed by atoms with Crippen LogP contribution in [-0.2, 0) is 11.2 Å². The van der Waals surface area contributed by atoms with Crippen molar-refractivity contribution in [2.45, 2.75) is 50.5 Å². The van der Waals surface area contributed by atoms with Crippen LogP contribution in [0.15, 0.2) is 24.3 Å². The summed E-state index contributed by atoms with van der Waals surface area (Å²) in [5.74, 6) is -0.234. The molecule has 0 bridgehead atoms. The Morgan fingerprint density at radius 1 is 1.15 bits per heavy atom. The summed E-state index contributed by atoms with van der Waals surface area (Å²) in [7, 11) is 0. The maximum Gasteiger partial charge on any atom is 0.348 e. The van der Waals surface area contributed by atoms with E-state index in [1.165, 1.54) is 5.56 Å². The number of ether oxygens (including phenoxy) is 1. The van der Waals surface area contributed by atoms with Crippen LogP contribution in [0.1, 0.15) is 44.1 Å². The van der Waals surface area contributed by atoms with Crippen LogP contribution in [0.4, 0.5) is 0 Å². The first-order valence-corrected chi connectivity index (χ1v) is 7.28. The summed E-state index contributed by atoms with van der Waals surface area (Å²) in [6.45, 7) is 0.225. The van der Waals surface area contributed by atoms with Crippen LogP contribution >= 0.6 is 0 Å². The highest BCUT2D eigenvalue weighted by molar-refractivity contribution is 5.78. The van der Waals surface area contributed by atoms with Gasteiger partial charge in [0.05, 0.1) is 0 Å². The summed E-state index contributed by atoms with van der Waals surface area (Å²) in [6.07, 6.45) is 5.67. The van der Waals surface area contributed by atoms with Crippen molar-refractivity contribution >= 4 is 5.97 Å². The number of aliphatic hydroxyl groups is 1. The van der Waals surface area contributed by atoms with E-state index in [0.717, 1.165) is 32.1 Å². The highest BCUT2D eigenvalue weighted by Gasteiger charge is 2.43. The minimum atomic E-state index is -1.03. The number of carbonyl (C=O) groups is 1. The number of aliphatic hydroxyl groups excluding tert-OH is 1. The zero-order chi connectivity index (χ0) is 14.4. The first kappa shape index (κ1) is 14.9. The molecule has 0 saturated heterocycles. The SMILES string of the molecule is O=C(O)C1(Oc2ccc(CCCCO)cc2)CCCC1. The fourth-order valence-electron chi connectivity index (χ4n) is 2.70. The Kier molecular flexibility index (Phi) is 5.01. The zero-order valence-corrected chi connectivity index (χ0v) is 11.7. The molecule has 0 atom stereocenters. The van der Waals surface area contributed by atoms with Gasteiger partial charge in [-0.15, -0.1) is 0 Å². The van der Waals surface area contributed by atoms with Gasteiger partial charge in [-0.05, 0) is 62.6 Å². The molecule has 110 valence electrons. The van der Waals surface area contributed by atoms with Crippen molar-refractivity contribution in [1.82, 2.24) is 0 Å². The number of carboxylic acids is 1. The number of hydrogen-bond donors (Lipinski definition) is 2. The molecule has 1 fully saturated rings. The number of rotatable bonds is 7. The Labute approximate surface area is 119 Å². The third-order valence-electron chi connectivity index (χ3n) is 3.91. The van der Waals surface area contributed by atoms with Crippen molar-refractivity contribution < 1.29 is 19.7 Å². The van der Waals surface area contributed by atoms with Crippen molar-refractivity contribution in [3.8, 4) is 5.75 Å². The van der Waals surface area contributed by atoms with Gasteiger partial charge in [-0.2, -0.15) is 0 Å². The molecule has 0 aromatic heterocycles. The van der Waals surface area contributed by atoms with Gasteiger partial charge in [0.15, 0.2) is 0 Å². The summed E-state index contributed by atoms with van der Waals surface area (Å²) >= 11 is 0. The third kappa shape index (κ3) is 3.51. The van der Waals surface area contributed by atoms with E-state index in [2.05, 4.69) is 0 Å². The van der Waals surface area contributed by atoms with Crippen LogP contribution in [-0.4, -0.2) is 28.4 Å². The number of aryl methyl sites for hydroxylation is 1. The molecule has 1 aromatic rings. The molecule has 0 amide bonds. The molecule has 1 aliphatic carbocycles. The van der Waals surface area contributed by atoms with E-state index >= 15 is 0 Å². The van der Waals surface area contributed by atoms with E-state index in [-0.39, 0.29) is 6.61 Å². The van der Waals surface area contributed by atoms with Gasteiger partial charge >= 0.3 is 5.97 Å².